The Morgan fingerprint density at radius 3 is 2.58 bits per heavy atom. The van der Waals surface area contributed by atoms with Gasteiger partial charge in [-0.25, -0.2) is 5.01 Å². The zero-order valence-corrected chi connectivity index (χ0v) is 17.8. The van der Waals surface area contributed by atoms with E-state index in [-0.39, 0.29) is 11.5 Å². The Balaban J connectivity index is 2.08. The summed E-state index contributed by atoms with van der Waals surface area (Å²) < 4.78 is 0. The molecule has 164 valence electrons. The minimum Gasteiger partial charge on any atom is -0.505 e. The summed E-state index contributed by atoms with van der Waals surface area (Å²) in [6.07, 6.45) is 7.55. The van der Waals surface area contributed by atoms with Gasteiger partial charge in [-0.1, -0.05) is 12.1 Å². The number of carboxylic acid groups (broad SMARTS) is 1. The summed E-state index contributed by atoms with van der Waals surface area (Å²) in [5, 5.41) is 34.2. The second kappa shape index (κ2) is 9.38. The Bertz CT molecular complexity index is 1010. The van der Waals surface area contributed by atoms with Gasteiger partial charge in [0.2, 0.25) is 0 Å². The fourth-order valence-corrected chi connectivity index (χ4v) is 3.30. The molecule has 1 heterocycles. The summed E-state index contributed by atoms with van der Waals surface area (Å²) in [4.78, 5) is 23.5. The van der Waals surface area contributed by atoms with Gasteiger partial charge in [0.25, 0.3) is 5.91 Å². The fourth-order valence-electron chi connectivity index (χ4n) is 3.30. The maximum atomic E-state index is 12.7. The monoisotopic (exact) mass is 425 g/mol. The standard InChI is InChI=1S/C22H27N5O4/c1-4-18-16-10-13(17(23-3)11-24-14-7-8-14)6-9-15(16)21(30)20(27(18)26-5-2)22(31)25-12-19(28)29/h4-6,9-11,14,23-24,30H,7-8,12H2,1-3H3,(H,25,31)(H,28,29)/b17-11-,18-4+,26-5-. The third kappa shape index (κ3) is 4.71. The molecule has 0 saturated heterocycles. The number of carbonyl (C=O) groups is 2. The minimum absolute atomic E-state index is 0.132. The van der Waals surface area contributed by atoms with Crippen LogP contribution in [0, 0.1) is 0 Å². The molecule has 9 nitrogen and oxygen atoms in total. The fraction of sp³-hybridized carbons (Fsp3) is 0.318. The van der Waals surface area contributed by atoms with Crippen molar-refractivity contribution in [2.24, 2.45) is 5.10 Å². The number of aliphatic hydroxyl groups is 1. The zero-order chi connectivity index (χ0) is 22.5. The molecule has 1 amide bonds. The lowest BCUT2D eigenvalue weighted by molar-refractivity contribution is -0.137. The highest BCUT2D eigenvalue weighted by molar-refractivity contribution is 6.04. The van der Waals surface area contributed by atoms with Crippen LogP contribution in [0.5, 0.6) is 0 Å². The van der Waals surface area contributed by atoms with Gasteiger partial charge < -0.3 is 26.2 Å². The van der Waals surface area contributed by atoms with Crippen LogP contribution in [0.2, 0.25) is 0 Å². The number of hydrogen-bond donors (Lipinski definition) is 5. The Morgan fingerprint density at radius 1 is 1.26 bits per heavy atom. The predicted octanol–water partition coefficient (Wildman–Crippen LogP) is 2.07. The minimum atomic E-state index is -1.18. The number of carbonyl (C=O) groups excluding carboxylic acids is 1. The lowest BCUT2D eigenvalue weighted by Crippen LogP contribution is -2.37. The van der Waals surface area contributed by atoms with Crippen molar-refractivity contribution in [3.63, 3.8) is 0 Å². The molecule has 1 aromatic rings. The van der Waals surface area contributed by atoms with E-state index in [9.17, 15) is 14.7 Å². The summed E-state index contributed by atoms with van der Waals surface area (Å²) >= 11 is 0. The molecule has 1 aliphatic carbocycles. The molecule has 1 fully saturated rings. The van der Waals surface area contributed by atoms with Crippen molar-refractivity contribution in [2.75, 3.05) is 13.6 Å². The molecule has 31 heavy (non-hydrogen) atoms. The van der Waals surface area contributed by atoms with E-state index < -0.39 is 18.4 Å². The number of allylic oxidation sites excluding steroid dienone is 1. The van der Waals surface area contributed by atoms with Gasteiger partial charge in [0, 0.05) is 36.6 Å². The first-order valence-electron chi connectivity index (χ1n) is 10.1. The lowest BCUT2D eigenvalue weighted by atomic mass is 9.94. The predicted molar refractivity (Wildman–Crippen MR) is 119 cm³/mol. The summed E-state index contributed by atoms with van der Waals surface area (Å²) in [5.74, 6) is -2.19. The highest BCUT2D eigenvalue weighted by Crippen LogP contribution is 2.38. The Kier molecular flexibility index (Phi) is 6.64. The van der Waals surface area contributed by atoms with Crippen LogP contribution in [0.25, 0.3) is 17.2 Å². The number of nitrogens with one attached hydrogen (secondary N) is 3. The highest BCUT2D eigenvalue weighted by atomic mass is 16.4. The van der Waals surface area contributed by atoms with Crippen molar-refractivity contribution in [1.29, 1.82) is 0 Å². The maximum absolute atomic E-state index is 12.7. The van der Waals surface area contributed by atoms with Crippen LogP contribution in [0.15, 0.2) is 41.3 Å². The van der Waals surface area contributed by atoms with E-state index in [1.807, 2.05) is 32.3 Å². The van der Waals surface area contributed by atoms with Crippen LogP contribution in [0.4, 0.5) is 0 Å². The van der Waals surface area contributed by atoms with E-state index in [1.54, 1.807) is 19.1 Å². The quantitative estimate of drug-likeness (QED) is 0.404. The molecule has 0 bridgehead atoms. The van der Waals surface area contributed by atoms with Gasteiger partial charge in [0.15, 0.2) is 11.5 Å². The summed E-state index contributed by atoms with van der Waals surface area (Å²) in [5.41, 5.74) is 3.42. The first-order valence-corrected chi connectivity index (χ1v) is 10.1. The number of benzene rings is 1. The van der Waals surface area contributed by atoms with Crippen LogP contribution < -0.4 is 16.0 Å². The number of amides is 1. The largest absolute Gasteiger partial charge is 0.505 e. The summed E-state index contributed by atoms with van der Waals surface area (Å²) in [6, 6.07) is 6.02. The maximum Gasteiger partial charge on any atom is 0.322 e. The van der Waals surface area contributed by atoms with E-state index in [4.69, 9.17) is 5.11 Å². The van der Waals surface area contributed by atoms with Gasteiger partial charge in [0.1, 0.15) is 6.54 Å². The number of fused-ring (bicyclic) bond motifs is 1. The third-order valence-corrected chi connectivity index (χ3v) is 4.96. The van der Waals surface area contributed by atoms with Gasteiger partial charge in [-0.2, -0.15) is 5.10 Å². The number of aliphatic carboxylic acids is 1. The molecule has 9 heteroatoms. The molecule has 0 radical (unpaired) electrons. The average Bonchev–Trinajstić information content (AvgIpc) is 3.57. The molecular formula is C22H27N5O4. The number of rotatable bonds is 8. The van der Waals surface area contributed by atoms with Gasteiger partial charge in [-0.15, -0.1) is 0 Å². The molecule has 0 unspecified atom stereocenters. The molecule has 1 saturated carbocycles. The Morgan fingerprint density at radius 2 is 2.00 bits per heavy atom. The van der Waals surface area contributed by atoms with Gasteiger partial charge >= 0.3 is 5.97 Å². The Labute approximate surface area is 180 Å². The molecular weight excluding hydrogens is 398 g/mol. The number of nitrogens with zero attached hydrogens (tertiary/aromatic N) is 2. The molecule has 5 N–H and O–H groups in total. The van der Waals surface area contributed by atoms with Crippen molar-refractivity contribution >= 4 is 35.2 Å². The van der Waals surface area contributed by atoms with E-state index in [0.29, 0.717) is 22.9 Å². The second-order valence-corrected chi connectivity index (χ2v) is 7.14. The van der Waals surface area contributed by atoms with Crippen molar-refractivity contribution in [2.45, 2.75) is 32.7 Å². The first-order chi connectivity index (χ1) is 14.9. The van der Waals surface area contributed by atoms with E-state index in [1.165, 1.54) is 11.2 Å². The summed E-state index contributed by atoms with van der Waals surface area (Å²) in [6.45, 7) is 2.93. The number of carboxylic acids is 1. The van der Waals surface area contributed by atoms with E-state index >= 15 is 0 Å². The SMILES string of the molecule is C/C=N\N1C(C(=O)NCC(=O)O)=C(O)c2ccc(/C(=C/NC3CC3)NC)cc2/C1=C\C. The van der Waals surface area contributed by atoms with Crippen LogP contribution in [-0.4, -0.2) is 52.9 Å². The van der Waals surface area contributed by atoms with Crippen molar-refractivity contribution in [1.82, 2.24) is 21.0 Å². The molecule has 0 spiro atoms. The molecule has 0 atom stereocenters. The van der Waals surface area contributed by atoms with E-state index in [0.717, 1.165) is 24.1 Å². The molecule has 1 aliphatic heterocycles. The third-order valence-electron chi connectivity index (χ3n) is 4.96. The van der Waals surface area contributed by atoms with Crippen molar-refractivity contribution in [3.05, 3.63) is 52.9 Å². The zero-order valence-electron chi connectivity index (χ0n) is 17.8. The molecule has 1 aromatic carbocycles. The first kappa shape index (κ1) is 21.9. The lowest BCUT2D eigenvalue weighted by Gasteiger charge is -2.31. The smallest absolute Gasteiger partial charge is 0.322 e. The highest BCUT2D eigenvalue weighted by Gasteiger charge is 2.33. The van der Waals surface area contributed by atoms with Gasteiger partial charge in [0.05, 0.1) is 11.4 Å². The molecule has 2 aliphatic rings. The topological polar surface area (TPSA) is 126 Å². The van der Waals surface area contributed by atoms with E-state index in [2.05, 4.69) is 21.1 Å². The molecule has 0 aromatic heterocycles. The average molecular weight is 425 g/mol. The summed E-state index contributed by atoms with van der Waals surface area (Å²) in [7, 11) is 1.84. The normalized spacial score (nSPS) is 17.7. The van der Waals surface area contributed by atoms with Crippen LogP contribution in [0.1, 0.15) is 43.4 Å². The van der Waals surface area contributed by atoms with Crippen LogP contribution >= 0.6 is 0 Å². The number of aliphatic hydroxyl groups excluding tert-OH is 1. The van der Waals surface area contributed by atoms with Crippen LogP contribution in [0.3, 0.4) is 0 Å². The van der Waals surface area contributed by atoms with Crippen LogP contribution in [-0.2, 0) is 9.59 Å². The van der Waals surface area contributed by atoms with Gasteiger partial charge in [-0.3, -0.25) is 9.59 Å². The Hall–Kier alpha value is -3.75. The molecule has 3 rings (SSSR count). The van der Waals surface area contributed by atoms with Crippen molar-refractivity contribution < 1.29 is 19.8 Å². The number of hydrazone groups is 1. The second-order valence-electron chi connectivity index (χ2n) is 7.14. The number of hydrogen-bond acceptors (Lipinski definition) is 7. The van der Waals surface area contributed by atoms with Crippen molar-refractivity contribution in [3.8, 4) is 0 Å². The van der Waals surface area contributed by atoms with Gasteiger partial charge in [-0.05, 0) is 44.4 Å².